The van der Waals surface area contributed by atoms with Crippen molar-refractivity contribution in [1.29, 1.82) is 0 Å². The van der Waals surface area contributed by atoms with E-state index >= 15 is 0 Å². The third-order valence-corrected chi connectivity index (χ3v) is 4.45. The van der Waals surface area contributed by atoms with Crippen molar-refractivity contribution in [3.63, 3.8) is 0 Å². The summed E-state index contributed by atoms with van der Waals surface area (Å²) < 4.78 is 0. The second kappa shape index (κ2) is 5.10. The predicted molar refractivity (Wildman–Crippen MR) is 71.9 cm³/mol. The van der Waals surface area contributed by atoms with E-state index in [4.69, 9.17) is 0 Å². The highest BCUT2D eigenvalue weighted by Crippen LogP contribution is 2.24. The van der Waals surface area contributed by atoms with Crippen LogP contribution < -0.4 is 5.32 Å². The Bertz CT molecular complexity index is 481. The fourth-order valence-electron chi connectivity index (χ4n) is 2.18. The van der Waals surface area contributed by atoms with Crippen LogP contribution in [0.15, 0.2) is 6.07 Å². The zero-order valence-corrected chi connectivity index (χ0v) is 11.8. The van der Waals surface area contributed by atoms with Gasteiger partial charge in [0.2, 0.25) is 5.91 Å². The van der Waals surface area contributed by atoms with Gasteiger partial charge in [0.1, 0.15) is 6.04 Å². The second-order valence-corrected chi connectivity index (χ2v) is 5.77. The van der Waals surface area contributed by atoms with Crippen LogP contribution in [-0.2, 0) is 11.2 Å². The quantitative estimate of drug-likeness (QED) is 0.883. The molecule has 1 aromatic rings. The number of carbonyl (C=O) groups excluding carboxylic acids is 2. The van der Waals surface area contributed by atoms with Crippen molar-refractivity contribution in [3.8, 4) is 0 Å². The molecule has 98 valence electrons. The highest BCUT2D eigenvalue weighted by molar-refractivity contribution is 7.14. The molecule has 1 aliphatic rings. The van der Waals surface area contributed by atoms with E-state index in [1.165, 1.54) is 21.8 Å². The summed E-state index contributed by atoms with van der Waals surface area (Å²) in [6.45, 7) is 7.02. The monoisotopic (exact) mass is 266 g/mol. The van der Waals surface area contributed by atoms with E-state index in [1.54, 1.807) is 11.8 Å². The van der Waals surface area contributed by atoms with Gasteiger partial charge in [-0.3, -0.25) is 9.59 Å². The van der Waals surface area contributed by atoms with Gasteiger partial charge in [-0.2, -0.15) is 0 Å². The highest BCUT2D eigenvalue weighted by atomic mass is 32.1. The first-order chi connectivity index (χ1) is 8.54. The third-order valence-electron chi connectivity index (χ3n) is 3.37. The molecule has 1 saturated heterocycles. The standard InChI is InChI=1S/C13H18N2O2S/c1-4-10-7-11(18-9(10)3)13(17)15-6-5-14-12(16)8(15)2/h7-8H,4-6H2,1-3H3,(H,14,16). The van der Waals surface area contributed by atoms with Crippen LogP contribution in [0.2, 0.25) is 0 Å². The molecule has 18 heavy (non-hydrogen) atoms. The van der Waals surface area contributed by atoms with Crippen molar-refractivity contribution in [1.82, 2.24) is 10.2 Å². The largest absolute Gasteiger partial charge is 0.353 e. The van der Waals surface area contributed by atoms with Crippen LogP contribution in [0, 0.1) is 6.92 Å². The Labute approximate surface area is 111 Å². The summed E-state index contributed by atoms with van der Waals surface area (Å²) in [7, 11) is 0. The second-order valence-electron chi connectivity index (χ2n) is 4.51. The number of hydrogen-bond donors (Lipinski definition) is 1. The van der Waals surface area contributed by atoms with Gasteiger partial charge in [0.25, 0.3) is 5.91 Å². The number of nitrogens with one attached hydrogen (secondary N) is 1. The van der Waals surface area contributed by atoms with E-state index in [-0.39, 0.29) is 17.9 Å². The van der Waals surface area contributed by atoms with E-state index in [0.29, 0.717) is 13.1 Å². The first kappa shape index (κ1) is 13.1. The molecule has 0 aromatic carbocycles. The van der Waals surface area contributed by atoms with E-state index in [9.17, 15) is 9.59 Å². The van der Waals surface area contributed by atoms with Gasteiger partial charge in [-0.1, -0.05) is 6.92 Å². The average Bonchev–Trinajstić information content (AvgIpc) is 2.73. The summed E-state index contributed by atoms with van der Waals surface area (Å²) in [6, 6.07) is 1.58. The zero-order chi connectivity index (χ0) is 13.3. The van der Waals surface area contributed by atoms with Gasteiger partial charge >= 0.3 is 0 Å². The van der Waals surface area contributed by atoms with Crippen molar-refractivity contribution in [3.05, 3.63) is 21.4 Å². The van der Waals surface area contributed by atoms with Crippen molar-refractivity contribution in [2.24, 2.45) is 0 Å². The van der Waals surface area contributed by atoms with Gasteiger partial charge in [-0.05, 0) is 31.9 Å². The number of thiophene rings is 1. The molecule has 0 bridgehead atoms. The minimum atomic E-state index is -0.376. The molecule has 2 rings (SSSR count). The summed E-state index contributed by atoms with van der Waals surface area (Å²) in [6.07, 6.45) is 0.936. The Morgan fingerprint density at radius 1 is 1.61 bits per heavy atom. The summed E-state index contributed by atoms with van der Waals surface area (Å²) in [4.78, 5) is 27.5. The molecule has 1 aliphatic heterocycles. The van der Waals surface area contributed by atoms with Crippen LogP contribution >= 0.6 is 11.3 Å². The Morgan fingerprint density at radius 3 is 2.94 bits per heavy atom. The smallest absolute Gasteiger partial charge is 0.264 e. The molecule has 0 aliphatic carbocycles. The van der Waals surface area contributed by atoms with E-state index < -0.39 is 0 Å². The first-order valence-electron chi connectivity index (χ1n) is 6.22. The lowest BCUT2D eigenvalue weighted by molar-refractivity contribution is -0.127. The van der Waals surface area contributed by atoms with Gasteiger partial charge in [-0.25, -0.2) is 0 Å². The van der Waals surface area contributed by atoms with Crippen LogP contribution in [0.4, 0.5) is 0 Å². The molecular formula is C13H18N2O2S. The SMILES string of the molecule is CCc1cc(C(=O)N2CCNC(=O)C2C)sc1C. The first-order valence-corrected chi connectivity index (χ1v) is 7.04. The minimum absolute atomic E-state index is 0.0230. The lowest BCUT2D eigenvalue weighted by Gasteiger charge is -2.32. The molecule has 1 N–H and O–H groups in total. The maximum atomic E-state index is 12.4. The molecule has 2 heterocycles. The predicted octanol–water partition coefficient (Wildman–Crippen LogP) is 1.58. The molecule has 0 radical (unpaired) electrons. The van der Waals surface area contributed by atoms with Gasteiger partial charge in [0.05, 0.1) is 4.88 Å². The summed E-state index contributed by atoms with van der Waals surface area (Å²) in [5, 5.41) is 2.77. The number of rotatable bonds is 2. The maximum absolute atomic E-state index is 12.4. The normalized spacial score (nSPS) is 19.8. The molecule has 0 spiro atoms. The van der Waals surface area contributed by atoms with E-state index in [1.807, 2.05) is 13.0 Å². The lowest BCUT2D eigenvalue weighted by Crippen LogP contribution is -2.55. The molecule has 4 nitrogen and oxygen atoms in total. The third kappa shape index (κ3) is 2.27. The van der Waals surface area contributed by atoms with Crippen LogP contribution in [0.25, 0.3) is 0 Å². The van der Waals surface area contributed by atoms with Crippen LogP contribution in [0.1, 0.15) is 34.0 Å². The van der Waals surface area contributed by atoms with Gasteiger partial charge in [-0.15, -0.1) is 11.3 Å². The molecule has 1 fully saturated rings. The molecule has 5 heteroatoms. The lowest BCUT2D eigenvalue weighted by atomic mass is 10.1. The van der Waals surface area contributed by atoms with Crippen molar-refractivity contribution >= 4 is 23.2 Å². The van der Waals surface area contributed by atoms with Crippen LogP contribution in [0.3, 0.4) is 0 Å². The highest BCUT2D eigenvalue weighted by Gasteiger charge is 2.30. The summed E-state index contributed by atoms with van der Waals surface area (Å²) in [5.74, 6) is -0.0938. The Balaban J connectivity index is 2.22. The summed E-state index contributed by atoms with van der Waals surface area (Å²) >= 11 is 1.52. The van der Waals surface area contributed by atoms with Crippen molar-refractivity contribution < 1.29 is 9.59 Å². The number of carbonyl (C=O) groups is 2. The van der Waals surface area contributed by atoms with E-state index in [0.717, 1.165) is 11.3 Å². The van der Waals surface area contributed by atoms with E-state index in [2.05, 4.69) is 12.2 Å². The molecule has 1 aromatic heterocycles. The minimum Gasteiger partial charge on any atom is -0.353 e. The number of nitrogens with zero attached hydrogens (tertiary/aromatic N) is 1. The van der Waals surface area contributed by atoms with Gasteiger partial charge < -0.3 is 10.2 Å². The molecule has 1 atom stereocenters. The maximum Gasteiger partial charge on any atom is 0.264 e. The Hall–Kier alpha value is -1.36. The fraction of sp³-hybridized carbons (Fsp3) is 0.538. The molecule has 1 unspecified atom stereocenters. The van der Waals surface area contributed by atoms with Gasteiger partial charge in [0.15, 0.2) is 0 Å². The van der Waals surface area contributed by atoms with Crippen molar-refractivity contribution in [2.75, 3.05) is 13.1 Å². The molecular weight excluding hydrogens is 248 g/mol. The Morgan fingerprint density at radius 2 is 2.33 bits per heavy atom. The number of hydrogen-bond acceptors (Lipinski definition) is 3. The molecule has 0 saturated carbocycles. The van der Waals surface area contributed by atoms with Crippen molar-refractivity contribution in [2.45, 2.75) is 33.2 Å². The number of amides is 2. The zero-order valence-electron chi connectivity index (χ0n) is 10.9. The number of aryl methyl sites for hydroxylation is 2. The van der Waals surface area contributed by atoms with Crippen LogP contribution in [-0.4, -0.2) is 35.8 Å². The fourth-order valence-corrected chi connectivity index (χ4v) is 3.25. The summed E-state index contributed by atoms with van der Waals surface area (Å²) in [5.41, 5.74) is 1.22. The average molecular weight is 266 g/mol. The number of piperazine rings is 1. The Kier molecular flexibility index (Phi) is 3.71. The topological polar surface area (TPSA) is 49.4 Å². The molecule has 2 amide bonds. The van der Waals surface area contributed by atoms with Gasteiger partial charge in [0, 0.05) is 18.0 Å². The van der Waals surface area contributed by atoms with Crippen LogP contribution in [0.5, 0.6) is 0 Å².